The van der Waals surface area contributed by atoms with Gasteiger partial charge in [0.1, 0.15) is 48.8 Å². The number of aliphatic hydroxyl groups is 6. The van der Waals surface area contributed by atoms with Gasteiger partial charge in [-0.3, -0.25) is 4.79 Å². The van der Waals surface area contributed by atoms with Crippen LogP contribution in [0.2, 0.25) is 0 Å². The summed E-state index contributed by atoms with van der Waals surface area (Å²) in [4.78, 5) is 18.4. The zero-order valence-corrected chi connectivity index (χ0v) is 45.9. The van der Waals surface area contributed by atoms with Crippen LogP contribution in [0.15, 0.2) is 35.4 Å². The highest BCUT2D eigenvalue weighted by Gasteiger charge is 2.52. The van der Waals surface area contributed by atoms with E-state index in [9.17, 15) is 48.2 Å². The molecule has 0 bridgehead atoms. The van der Waals surface area contributed by atoms with E-state index in [2.05, 4.69) is 10.3 Å². The summed E-state index contributed by atoms with van der Waals surface area (Å²) in [6.07, 6.45) is -6.79. The van der Waals surface area contributed by atoms with Crippen LogP contribution in [-0.4, -0.2) is 208 Å². The van der Waals surface area contributed by atoms with Crippen LogP contribution in [0.4, 0.5) is 4.39 Å². The van der Waals surface area contributed by atoms with Gasteiger partial charge >= 0.3 is 5.97 Å². The van der Waals surface area contributed by atoms with Crippen molar-refractivity contribution in [2.45, 2.75) is 202 Å². The van der Waals surface area contributed by atoms with E-state index in [4.69, 9.17) is 28.4 Å². The average molecular weight is 1060 g/mol. The van der Waals surface area contributed by atoms with Gasteiger partial charge in [0.25, 0.3) is 0 Å². The van der Waals surface area contributed by atoms with Crippen LogP contribution in [-0.2, 0) is 49.5 Å². The van der Waals surface area contributed by atoms with E-state index in [0.29, 0.717) is 43.6 Å². The molecule has 0 unspecified atom stereocenters. The van der Waals surface area contributed by atoms with Gasteiger partial charge < -0.3 is 68.9 Å². The van der Waals surface area contributed by atoms with Crippen LogP contribution in [0.3, 0.4) is 0 Å². The average Bonchev–Trinajstić information content (AvgIpc) is 3.80. The van der Waals surface area contributed by atoms with Gasteiger partial charge in [-0.1, -0.05) is 38.1 Å². The van der Waals surface area contributed by atoms with Crippen LogP contribution in [0.1, 0.15) is 118 Å². The molecular weight excluding hydrogens is 974 g/mol. The normalized spacial score (nSPS) is 38.8. The zero-order valence-electron chi connectivity index (χ0n) is 45.1. The van der Waals surface area contributed by atoms with Crippen LogP contribution in [0.5, 0.6) is 0 Å². The van der Waals surface area contributed by atoms with E-state index in [1.165, 1.54) is 43.0 Å². The Labute approximate surface area is 431 Å². The van der Waals surface area contributed by atoms with E-state index in [0.717, 1.165) is 6.26 Å². The molecule has 19 atom stereocenters. The summed E-state index contributed by atoms with van der Waals surface area (Å²) in [7, 11) is 1.70. The van der Waals surface area contributed by atoms with Crippen molar-refractivity contribution >= 4 is 15.8 Å². The van der Waals surface area contributed by atoms with Gasteiger partial charge in [-0.15, -0.1) is 5.10 Å². The Balaban J connectivity index is 1.38. The maximum absolute atomic E-state index is 14.4. The number of carbonyl (C=O) groups excluding carboxylic acids is 1. The number of nitrogens with zero attached hydrogens (tertiary/aromatic N) is 5. The minimum absolute atomic E-state index is 0.0746. The SMILES string of the molecule is CC[C@H]1OC(=O)[C@H](C)[C@@H](O[C@H]2C[C@@](C)(OC)[C@@H](O)[C@H](C)O2)[C@H](C)[C@@H](O[C@@H]2OCC[C@H](N(C)CCCc3cn([C@H](CF)[C@H](O)c4ccc(S(C)(=O)=O)cc4)nn3)[C@H]2O)[C@](C)(O)C[C@@H](C)CN(C)[C@H](C)[C@@H](O)[C@]1(C)O. The Kier molecular flexibility index (Phi) is 21.0. The molecule has 3 fully saturated rings. The monoisotopic (exact) mass is 1060 g/mol. The summed E-state index contributed by atoms with van der Waals surface area (Å²) in [5, 5.41) is 78.8. The molecule has 3 aliphatic heterocycles. The van der Waals surface area contributed by atoms with Crippen molar-refractivity contribution < 1.29 is 76.7 Å². The van der Waals surface area contributed by atoms with Crippen LogP contribution < -0.4 is 0 Å². The molecule has 5 rings (SSSR count). The number of aliphatic hydroxyl groups excluding tert-OH is 4. The van der Waals surface area contributed by atoms with E-state index in [-0.39, 0.29) is 36.7 Å². The summed E-state index contributed by atoms with van der Waals surface area (Å²) in [6.45, 7) is 15.5. The van der Waals surface area contributed by atoms with Crippen molar-refractivity contribution in [2.24, 2.45) is 17.8 Å². The summed E-state index contributed by atoms with van der Waals surface area (Å²) in [6, 6.07) is 3.43. The molecule has 20 nitrogen and oxygen atoms in total. The van der Waals surface area contributed by atoms with E-state index < -0.39 is 131 Å². The minimum atomic E-state index is -3.46. The molecule has 4 heterocycles. The number of rotatable bonds is 16. The molecular formula is C51H86FN5O15S. The lowest BCUT2D eigenvalue weighted by molar-refractivity contribution is -0.313. The fourth-order valence-corrected chi connectivity index (χ4v) is 11.8. The highest BCUT2D eigenvalue weighted by molar-refractivity contribution is 7.90. The molecule has 3 aliphatic rings. The first-order valence-corrected chi connectivity index (χ1v) is 27.6. The summed E-state index contributed by atoms with van der Waals surface area (Å²) in [5.41, 5.74) is -3.74. The lowest BCUT2D eigenvalue weighted by Crippen LogP contribution is -2.60. The highest BCUT2D eigenvalue weighted by Crippen LogP contribution is 2.40. The number of carbonyl (C=O) groups is 1. The summed E-state index contributed by atoms with van der Waals surface area (Å²) < 4.78 is 77.3. The second-order valence-corrected chi connectivity index (χ2v) is 24.0. The van der Waals surface area contributed by atoms with Gasteiger partial charge in [0.2, 0.25) is 0 Å². The fraction of sp³-hybridized carbons (Fsp3) is 0.824. The van der Waals surface area contributed by atoms with Crippen molar-refractivity contribution in [3.8, 4) is 0 Å². The number of aromatic nitrogens is 3. The first kappa shape index (κ1) is 61.0. The van der Waals surface area contributed by atoms with Crippen LogP contribution >= 0.6 is 0 Å². The third-order valence-corrected chi connectivity index (χ3v) is 17.0. The quantitative estimate of drug-likeness (QED) is 0.132. The molecule has 22 heteroatoms. The number of hydrogen-bond acceptors (Lipinski definition) is 19. The van der Waals surface area contributed by atoms with Crippen molar-refractivity contribution in [3.05, 3.63) is 41.7 Å². The van der Waals surface area contributed by atoms with Gasteiger partial charge in [0.15, 0.2) is 22.4 Å². The van der Waals surface area contributed by atoms with E-state index >= 15 is 0 Å². The van der Waals surface area contributed by atoms with Gasteiger partial charge in [-0.2, -0.15) is 0 Å². The molecule has 0 saturated carbocycles. The van der Waals surface area contributed by atoms with Gasteiger partial charge in [-0.05, 0) is 118 Å². The summed E-state index contributed by atoms with van der Waals surface area (Å²) >= 11 is 0. The number of ether oxygens (including phenoxy) is 6. The number of aryl methyl sites for hydroxylation is 1. The largest absolute Gasteiger partial charge is 0.459 e. The number of sulfone groups is 1. The highest BCUT2D eigenvalue weighted by atomic mass is 32.2. The first-order valence-electron chi connectivity index (χ1n) is 25.7. The number of hydrogen-bond donors (Lipinski definition) is 6. The Morgan fingerprint density at radius 3 is 2.27 bits per heavy atom. The van der Waals surface area contributed by atoms with Crippen LogP contribution in [0.25, 0.3) is 0 Å². The van der Waals surface area contributed by atoms with Crippen molar-refractivity contribution in [2.75, 3.05) is 53.8 Å². The maximum Gasteiger partial charge on any atom is 0.311 e. The molecule has 1 aromatic carbocycles. The smallest absolute Gasteiger partial charge is 0.311 e. The van der Waals surface area contributed by atoms with Crippen molar-refractivity contribution in [1.29, 1.82) is 0 Å². The number of halogens is 1. The Bertz CT molecular complexity index is 2170. The molecule has 1 aromatic heterocycles. The third-order valence-electron chi connectivity index (χ3n) is 15.9. The number of cyclic esters (lactones) is 1. The molecule has 73 heavy (non-hydrogen) atoms. The molecule has 0 amide bonds. The van der Waals surface area contributed by atoms with Gasteiger partial charge in [0, 0.05) is 50.5 Å². The Morgan fingerprint density at radius 2 is 1.67 bits per heavy atom. The molecule has 2 aromatic rings. The zero-order chi connectivity index (χ0) is 54.5. The lowest BCUT2D eigenvalue weighted by atomic mass is 9.77. The second kappa shape index (κ2) is 25.1. The minimum Gasteiger partial charge on any atom is -0.459 e. The van der Waals surface area contributed by atoms with Gasteiger partial charge in [-0.25, -0.2) is 17.5 Å². The molecule has 0 radical (unpaired) electrons. The molecule has 418 valence electrons. The second-order valence-electron chi connectivity index (χ2n) is 22.0. The van der Waals surface area contributed by atoms with Crippen molar-refractivity contribution in [3.63, 3.8) is 0 Å². The van der Waals surface area contributed by atoms with E-state index in [1.54, 1.807) is 54.7 Å². The molecule has 6 N–H and O–H groups in total. The predicted molar refractivity (Wildman–Crippen MR) is 266 cm³/mol. The number of alkyl halides is 1. The number of benzene rings is 1. The number of esters is 1. The predicted octanol–water partition coefficient (Wildman–Crippen LogP) is 2.75. The third kappa shape index (κ3) is 14.4. The van der Waals surface area contributed by atoms with E-state index in [1.807, 2.05) is 30.8 Å². The standard InChI is InChI=1S/C51H86FN5O15S/c1-14-39-51(9,64)44(60)32(5)56(11)27-29(2)24-49(7,63)46(30(3)43(31(4)47(62)70-39)71-40-25-50(8,67-12)45(61)33(6)69-40)72-48-42(59)37(21-23-68-48)55(10)22-15-16-35-28-57(54-53-35)38(26-52)41(58)34-17-19-36(20-18-34)73(13,65)66/h17-20,28-33,37-46,48,58-61,63-64H,14-16,21-27H2,1-13H3/t29-,30+,31-,32-,33+,37+,38-,39-,40+,41-,42-,43+,44-,45+,46-,48+,49-,50-,51-/m1/s1. The summed E-state index contributed by atoms with van der Waals surface area (Å²) in [5.74, 6) is -2.90. The Morgan fingerprint density at radius 1 is 1.01 bits per heavy atom. The lowest BCUT2D eigenvalue weighted by Gasteiger charge is -2.48. The maximum atomic E-state index is 14.4. The fourth-order valence-electron chi connectivity index (χ4n) is 11.1. The molecule has 3 saturated heterocycles. The van der Waals surface area contributed by atoms with Crippen molar-refractivity contribution in [1.82, 2.24) is 24.8 Å². The Hall–Kier alpha value is -2.81. The van der Waals surface area contributed by atoms with Crippen LogP contribution in [0, 0.1) is 17.8 Å². The number of likely N-dealkylation sites (N-methyl/N-ethyl adjacent to an activating group) is 2. The van der Waals surface area contributed by atoms with Gasteiger partial charge in [0.05, 0.1) is 52.6 Å². The topological polar surface area (TPSA) is 265 Å². The molecule has 0 spiro atoms. The first-order chi connectivity index (χ1) is 34.0. The number of methoxy groups -OCH3 is 1. The molecule has 0 aliphatic carbocycles.